The predicted molar refractivity (Wildman–Crippen MR) is 202 cm³/mol. The minimum absolute atomic E-state index is 0.0227. The molecular formula is C39H49N5O13. The fraction of sp³-hybridized carbons (Fsp3) is 0.487. The maximum absolute atomic E-state index is 14.0. The topological polar surface area (TPSA) is 322 Å². The van der Waals surface area contributed by atoms with E-state index in [2.05, 4.69) is 5.32 Å². The zero-order valence-corrected chi connectivity index (χ0v) is 30.9. The number of amides is 1. The minimum Gasteiger partial charge on any atom is -0.456 e. The van der Waals surface area contributed by atoms with Gasteiger partial charge in [-0.2, -0.15) is 0 Å². The maximum atomic E-state index is 14.0. The standard InChI is InChI=1S/C39H49N5O13/c1-15-6-8-19-23(10-15)53-24-11-16(45)7-9-20(24)27(19)17-4-2-3-5-18(17)37(52)44-14-26-29(46)28(43)31(48)38(55-26)56-35-21(41)12-22(42)36(34(35)51)57-39-33(50)32(49)30(47)25(13-40)54-39/h2-11,21-22,25-26,28-36,38-39,46-51H,12-14,40-43H2,1H3,(H,44,52)/t21?,22?,25?,26-,28-,29?,30-,31-,32+,33?,34-,35-,36?,38?,39-/m1/s1. The van der Waals surface area contributed by atoms with Crippen LogP contribution in [0.1, 0.15) is 22.3 Å². The lowest BCUT2D eigenvalue weighted by Crippen LogP contribution is -2.68. The van der Waals surface area contributed by atoms with Gasteiger partial charge in [-0.25, -0.2) is 0 Å². The normalized spacial score (nSPS) is 36.0. The van der Waals surface area contributed by atoms with Crippen molar-refractivity contribution in [3.8, 4) is 22.5 Å². The molecule has 0 aromatic heterocycles. The molecule has 5 aliphatic rings. The van der Waals surface area contributed by atoms with Crippen LogP contribution >= 0.6 is 0 Å². The van der Waals surface area contributed by atoms with E-state index in [1.165, 1.54) is 12.1 Å². The van der Waals surface area contributed by atoms with E-state index in [4.69, 9.17) is 46.3 Å². The molecule has 3 fully saturated rings. The molecule has 18 nitrogen and oxygen atoms in total. The Bertz CT molecular complexity index is 2090. The molecule has 2 aromatic carbocycles. The van der Waals surface area contributed by atoms with E-state index >= 15 is 0 Å². The third-order valence-electron chi connectivity index (χ3n) is 11.1. The molecule has 308 valence electrons. The zero-order chi connectivity index (χ0) is 40.9. The third-order valence-corrected chi connectivity index (χ3v) is 11.1. The van der Waals surface area contributed by atoms with Crippen LogP contribution in [0, 0.1) is 6.92 Å². The van der Waals surface area contributed by atoms with Crippen LogP contribution in [0.4, 0.5) is 0 Å². The molecule has 57 heavy (non-hydrogen) atoms. The van der Waals surface area contributed by atoms with Gasteiger partial charge < -0.3 is 82.3 Å². The Hall–Kier alpha value is -3.96. The SMILES string of the molecule is Cc1ccc2c(-c3ccccc3C(=O)NC[C@H]3OC(O[C@@H]4C(N)CC(N)C(O[C@H]5OC(CN)[C@@H](O)[C@H](O)C5O)[C@@H]4O)[C@H](O)[C@H](N)C3O)c3ccc(=O)cc-3oc2c1. The average Bonchev–Trinajstić information content (AvgIpc) is 3.19. The molecule has 1 amide bonds. The quantitative estimate of drug-likeness (QED) is 0.0770. The first-order valence-electron chi connectivity index (χ1n) is 18.7. The summed E-state index contributed by atoms with van der Waals surface area (Å²) < 4.78 is 29.5. The van der Waals surface area contributed by atoms with E-state index in [0.29, 0.717) is 33.4 Å². The molecule has 18 heteroatoms. The van der Waals surface area contributed by atoms with Gasteiger partial charge in [0.05, 0.1) is 12.1 Å². The van der Waals surface area contributed by atoms with Crippen LogP contribution in [0.2, 0.25) is 0 Å². The molecule has 0 radical (unpaired) electrons. The fourth-order valence-electron chi connectivity index (χ4n) is 7.87. The number of aliphatic hydroxyl groups is 6. The van der Waals surface area contributed by atoms with Crippen molar-refractivity contribution in [1.82, 2.24) is 5.32 Å². The van der Waals surface area contributed by atoms with Gasteiger partial charge in [-0.05, 0) is 48.7 Å². The molecule has 15 N–H and O–H groups in total. The molecule has 1 saturated carbocycles. The van der Waals surface area contributed by atoms with Gasteiger partial charge in [-0.1, -0.05) is 30.3 Å². The van der Waals surface area contributed by atoms with Crippen LogP contribution in [-0.4, -0.2) is 141 Å². The Morgan fingerprint density at radius 1 is 0.772 bits per heavy atom. The molecule has 2 saturated heterocycles. The number of carbonyl (C=O) groups excluding carboxylic acids is 1. The summed E-state index contributed by atoms with van der Waals surface area (Å²) in [6, 6.07) is 13.9. The molecule has 7 unspecified atom stereocenters. The number of ether oxygens (including phenoxy) is 4. The highest BCUT2D eigenvalue weighted by atomic mass is 16.7. The van der Waals surface area contributed by atoms with E-state index < -0.39 is 97.7 Å². The third kappa shape index (κ3) is 7.95. The molecule has 0 bridgehead atoms. The second-order valence-corrected chi connectivity index (χ2v) is 15.0. The summed E-state index contributed by atoms with van der Waals surface area (Å²) in [5.41, 5.74) is 27.8. The minimum atomic E-state index is -1.72. The highest BCUT2D eigenvalue weighted by Gasteiger charge is 2.51. The van der Waals surface area contributed by atoms with E-state index in [1.807, 2.05) is 25.1 Å². The smallest absolute Gasteiger partial charge is 0.252 e. The molecule has 2 aromatic rings. The van der Waals surface area contributed by atoms with Gasteiger partial charge in [-0.15, -0.1) is 0 Å². The number of hydrogen-bond acceptors (Lipinski definition) is 17. The van der Waals surface area contributed by atoms with Crippen LogP contribution < -0.4 is 33.7 Å². The highest BCUT2D eigenvalue weighted by Crippen LogP contribution is 2.41. The number of hydrogen-bond donors (Lipinski definition) is 11. The summed E-state index contributed by atoms with van der Waals surface area (Å²) in [5, 5.41) is 68.1. The summed E-state index contributed by atoms with van der Waals surface area (Å²) in [5.74, 6) is -0.182. The largest absolute Gasteiger partial charge is 0.456 e. The van der Waals surface area contributed by atoms with Crippen LogP contribution in [0.3, 0.4) is 0 Å². The van der Waals surface area contributed by atoms with Crippen molar-refractivity contribution in [1.29, 1.82) is 0 Å². The highest BCUT2D eigenvalue weighted by molar-refractivity contribution is 6.09. The van der Waals surface area contributed by atoms with Crippen molar-refractivity contribution < 1.29 is 58.8 Å². The number of nitrogens with one attached hydrogen (secondary N) is 1. The summed E-state index contributed by atoms with van der Waals surface area (Å²) in [7, 11) is 0. The van der Waals surface area contributed by atoms with Crippen molar-refractivity contribution in [2.45, 2.75) is 105 Å². The molecule has 0 spiro atoms. The van der Waals surface area contributed by atoms with E-state index in [0.717, 1.165) is 5.56 Å². The van der Waals surface area contributed by atoms with E-state index in [9.17, 15) is 40.2 Å². The number of aryl methyl sites for hydroxylation is 1. The Balaban J connectivity index is 1.08. The molecule has 15 atom stereocenters. The number of fused-ring (bicyclic) bond motifs is 2. The first-order valence-corrected chi connectivity index (χ1v) is 18.7. The van der Waals surface area contributed by atoms with Crippen molar-refractivity contribution in [3.05, 3.63) is 82.0 Å². The lowest BCUT2D eigenvalue weighted by molar-refractivity contribution is -0.330. The zero-order valence-electron chi connectivity index (χ0n) is 30.9. The average molecular weight is 796 g/mol. The maximum Gasteiger partial charge on any atom is 0.252 e. The van der Waals surface area contributed by atoms with Gasteiger partial charge in [0.15, 0.2) is 18.0 Å². The van der Waals surface area contributed by atoms with E-state index in [-0.39, 0.29) is 30.5 Å². The van der Waals surface area contributed by atoms with Crippen molar-refractivity contribution >= 4 is 16.9 Å². The van der Waals surface area contributed by atoms with Crippen molar-refractivity contribution in [3.63, 3.8) is 0 Å². The van der Waals surface area contributed by atoms with Crippen molar-refractivity contribution in [2.75, 3.05) is 13.1 Å². The number of rotatable bonds is 9. The number of aliphatic hydroxyl groups excluding tert-OH is 6. The lowest BCUT2D eigenvalue weighted by atomic mass is 9.84. The van der Waals surface area contributed by atoms with Gasteiger partial charge in [0.25, 0.3) is 5.91 Å². The van der Waals surface area contributed by atoms with Gasteiger partial charge in [0, 0.05) is 53.3 Å². The van der Waals surface area contributed by atoms with Gasteiger partial charge in [-0.3, -0.25) is 9.59 Å². The Morgan fingerprint density at radius 3 is 2.14 bits per heavy atom. The Morgan fingerprint density at radius 2 is 1.44 bits per heavy atom. The second kappa shape index (κ2) is 16.7. The monoisotopic (exact) mass is 795 g/mol. The Kier molecular flexibility index (Phi) is 12.1. The molecule has 7 rings (SSSR count). The number of carbonyl (C=O) groups is 1. The van der Waals surface area contributed by atoms with Crippen LogP contribution in [0.25, 0.3) is 33.4 Å². The first-order chi connectivity index (χ1) is 27.2. The van der Waals surface area contributed by atoms with Crippen molar-refractivity contribution in [2.24, 2.45) is 22.9 Å². The van der Waals surface area contributed by atoms with Crippen LogP contribution in [-0.2, 0) is 18.9 Å². The second-order valence-electron chi connectivity index (χ2n) is 15.0. The summed E-state index contributed by atoms with van der Waals surface area (Å²) in [6.07, 6.45) is -17.5. The summed E-state index contributed by atoms with van der Waals surface area (Å²) in [4.78, 5) is 26.2. The molecule has 3 aliphatic heterocycles. The lowest BCUT2D eigenvalue weighted by Gasteiger charge is -2.48. The predicted octanol–water partition coefficient (Wildman–Crippen LogP) is -2.67. The number of nitrogens with two attached hydrogens (primary N) is 4. The molecular weight excluding hydrogens is 746 g/mol. The van der Waals surface area contributed by atoms with Gasteiger partial charge >= 0.3 is 0 Å². The van der Waals surface area contributed by atoms with E-state index in [1.54, 1.807) is 30.3 Å². The molecule has 3 heterocycles. The Labute approximate surface area is 326 Å². The number of benzene rings is 3. The summed E-state index contributed by atoms with van der Waals surface area (Å²) in [6.45, 7) is 1.41. The molecule has 2 aliphatic carbocycles. The first kappa shape index (κ1) is 41.2. The summed E-state index contributed by atoms with van der Waals surface area (Å²) >= 11 is 0. The van der Waals surface area contributed by atoms with Gasteiger partial charge in [0.2, 0.25) is 0 Å². The van der Waals surface area contributed by atoms with Crippen LogP contribution in [0.5, 0.6) is 0 Å². The van der Waals surface area contributed by atoms with Gasteiger partial charge in [0.1, 0.15) is 66.3 Å². The van der Waals surface area contributed by atoms with Crippen LogP contribution in [0.15, 0.2) is 69.9 Å². The fourth-order valence-corrected chi connectivity index (χ4v) is 7.87.